The summed E-state index contributed by atoms with van der Waals surface area (Å²) in [7, 11) is 0. The lowest BCUT2D eigenvalue weighted by Gasteiger charge is -1.83. The average Bonchev–Trinajstić information content (AvgIpc) is 1.27. The van der Waals surface area contributed by atoms with Gasteiger partial charge in [0.25, 0.3) is 6.43 Å². The molecule has 0 amide bonds. The molecule has 0 aromatic carbocycles. The van der Waals surface area contributed by atoms with Crippen LogP contribution in [0.5, 0.6) is 0 Å². The number of hydrogen-bond acceptors (Lipinski definition) is 1. The molecule has 0 atom stereocenters. The molecule has 0 aliphatic carbocycles. The summed E-state index contributed by atoms with van der Waals surface area (Å²) >= 11 is 8.30. The SMILES string of the molecule is FC(F)C=C(S)Cl. The minimum absolute atomic E-state index is 0.171. The lowest BCUT2D eigenvalue weighted by Crippen LogP contribution is -1.78. The Labute approximate surface area is 50.6 Å². The van der Waals surface area contributed by atoms with E-state index in [0.29, 0.717) is 6.08 Å². The third-order valence-corrected chi connectivity index (χ3v) is 0.539. The third-order valence-electron chi connectivity index (χ3n) is 0.264. The Morgan fingerprint density at radius 1 is 1.71 bits per heavy atom. The number of alkyl halides is 2. The van der Waals surface area contributed by atoms with Gasteiger partial charge >= 0.3 is 0 Å². The monoisotopic (exact) mass is 144 g/mol. The highest BCUT2D eigenvalue weighted by atomic mass is 35.5. The summed E-state index contributed by atoms with van der Waals surface area (Å²) < 4.78 is 22.0. The maximum Gasteiger partial charge on any atom is 0.259 e. The van der Waals surface area contributed by atoms with E-state index in [1.165, 1.54) is 0 Å². The van der Waals surface area contributed by atoms with Gasteiger partial charge in [0.2, 0.25) is 0 Å². The molecule has 0 unspecified atom stereocenters. The van der Waals surface area contributed by atoms with Gasteiger partial charge in [-0.2, -0.15) is 0 Å². The molecule has 0 nitrogen and oxygen atoms in total. The second kappa shape index (κ2) is 3.27. The molecule has 0 heterocycles. The first-order valence-electron chi connectivity index (χ1n) is 1.47. The Kier molecular flexibility index (Phi) is 3.38. The van der Waals surface area contributed by atoms with Crippen LogP contribution in [0.25, 0.3) is 0 Å². The Morgan fingerprint density at radius 2 is 2.14 bits per heavy atom. The van der Waals surface area contributed by atoms with E-state index in [4.69, 9.17) is 11.6 Å². The molecule has 7 heavy (non-hydrogen) atoms. The highest BCUT2D eigenvalue weighted by molar-refractivity contribution is 7.86. The first-order valence-corrected chi connectivity index (χ1v) is 2.30. The highest BCUT2D eigenvalue weighted by Crippen LogP contribution is 2.08. The summed E-state index contributed by atoms with van der Waals surface area (Å²) in [6.45, 7) is 0. The van der Waals surface area contributed by atoms with Gasteiger partial charge in [-0.1, -0.05) is 11.6 Å². The maximum absolute atomic E-state index is 11.1. The summed E-state index contributed by atoms with van der Waals surface area (Å²) in [5.41, 5.74) is 0. The fourth-order valence-electron chi connectivity index (χ4n) is 0.104. The van der Waals surface area contributed by atoms with Crippen LogP contribution in [-0.4, -0.2) is 6.43 Å². The molecule has 0 saturated carbocycles. The van der Waals surface area contributed by atoms with Crippen molar-refractivity contribution in [1.29, 1.82) is 0 Å². The van der Waals surface area contributed by atoms with E-state index in [1.54, 1.807) is 0 Å². The van der Waals surface area contributed by atoms with Crippen molar-refractivity contribution in [2.45, 2.75) is 6.43 Å². The molecule has 0 aromatic rings. The second-order valence-electron chi connectivity index (χ2n) is 0.824. The standard InChI is InChI=1S/C3H3ClF2S/c4-2(7)1-3(5)6/h1,3,7H. The minimum atomic E-state index is -2.50. The molecule has 0 bridgehead atoms. The van der Waals surface area contributed by atoms with Gasteiger partial charge in [-0.3, -0.25) is 0 Å². The fraction of sp³-hybridized carbons (Fsp3) is 0.333. The van der Waals surface area contributed by atoms with E-state index < -0.39 is 6.43 Å². The first kappa shape index (κ1) is 7.24. The molecule has 0 rings (SSSR count). The molecular formula is C3H3ClF2S. The molecule has 0 aliphatic rings. The molecule has 42 valence electrons. The van der Waals surface area contributed by atoms with E-state index in [-0.39, 0.29) is 4.36 Å². The molecule has 0 radical (unpaired) electrons. The Balaban J connectivity index is 3.45. The van der Waals surface area contributed by atoms with Crippen LogP contribution in [0.15, 0.2) is 10.4 Å². The van der Waals surface area contributed by atoms with Crippen LogP contribution in [0.1, 0.15) is 0 Å². The lowest BCUT2D eigenvalue weighted by atomic mass is 10.7. The van der Waals surface area contributed by atoms with Gasteiger partial charge in [-0.05, 0) is 0 Å². The van der Waals surface area contributed by atoms with Crippen LogP contribution >= 0.6 is 24.2 Å². The van der Waals surface area contributed by atoms with Gasteiger partial charge in [0.1, 0.15) is 0 Å². The maximum atomic E-state index is 11.1. The number of halogens is 3. The van der Waals surface area contributed by atoms with E-state index in [0.717, 1.165) is 0 Å². The van der Waals surface area contributed by atoms with Crippen molar-refractivity contribution in [3.8, 4) is 0 Å². The van der Waals surface area contributed by atoms with Gasteiger partial charge in [0, 0.05) is 6.08 Å². The molecule has 0 spiro atoms. The smallest absolute Gasteiger partial charge is 0.206 e. The van der Waals surface area contributed by atoms with Gasteiger partial charge in [-0.15, -0.1) is 12.6 Å². The van der Waals surface area contributed by atoms with Crippen LogP contribution in [0.3, 0.4) is 0 Å². The summed E-state index contributed by atoms with van der Waals surface area (Å²) in [6.07, 6.45) is -1.95. The summed E-state index contributed by atoms with van der Waals surface area (Å²) in [6, 6.07) is 0. The second-order valence-corrected chi connectivity index (χ2v) is 1.98. The molecule has 0 N–H and O–H groups in total. The minimum Gasteiger partial charge on any atom is -0.206 e. The Morgan fingerprint density at radius 3 is 2.14 bits per heavy atom. The van der Waals surface area contributed by atoms with Crippen molar-refractivity contribution in [2.75, 3.05) is 0 Å². The van der Waals surface area contributed by atoms with Crippen LogP contribution in [0.4, 0.5) is 8.78 Å². The topological polar surface area (TPSA) is 0 Å². The molecular weight excluding hydrogens is 142 g/mol. The van der Waals surface area contributed by atoms with Gasteiger partial charge in [0.15, 0.2) is 0 Å². The zero-order valence-electron chi connectivity index (χ0n) is 3.24. The van der Waals surface area contributed by atoms with Crippen LogP contribution in [0, 0.1) is 0 Å². The average molecular weight is 145 g/mol. The zero-order valence-corrected chi connectivity index (χ0v) is 4.89. The van der Waals surface area contributed by atoms with E-state index in [9.17, 15) is 8.78 Å². The number of allylic oxidation sites excluding steroid dienone is 1. The van der Waals surface area contributed by atoms with Crippen LogP contribution in [0.2, 0.25) is 0 Å². The third kappa shape index (κ3) is 6.24. The Bertz CT molecular complexity index is 77.0. The largest absolute Gasteiger partial charge is 0.259 e. The predicted octanol–water partition coefficient (Wildman–Crippen LogP) is 2.26. The molecule has 4 heteroatoms. The van der Waals surface area contributed by atoms with Gasteiger partial charge in [0.05, 0.1) is 4.36 Å². The van der Waals surface area contributed by atoms with Crippen molar-refractivity contribution in [1.82, 2.24) is 0 Å². The molecule has 0 aliphatic heterocycles. The van der Waals surface area contributed by atoms with Crippen LogP contribution < -0.4 is 0 Å². The summed E-state index contributed by atoms with van der Waals surface area (Å²) in [5.74, 6) is 0. The quantitative estimate of drug-likeness (QED) is 0.537. The normalized spacial score (nSPS) is 13.0. The van der Waals surface area contributed by atoms with Crippen molar-refractivity contribution in [3.05, 3.63) is 10.4 Å². The van der Waals surface area contributed by atoms with Crippen molar-refractivity contribution in [2.24, 2.45) is 0 Å². The summed E-state index contributed by atoms with van der Waals surface area (Å²) in [5, 5.41) is 0. The van der Waals surface area contributed by atoms with Crippen LogP contribution in [-0.2, 0) is 0 Å². The fourth-order valence-corrected chi connectivity index (χ4v) is 0.312. The van der Waals surface area contributed by atoms with E-state index >= 15 is 0 Å². The number of hydrogen-bond donors (Lipinski definition) is 1. The predicted molar refractivity (Wildman–Crippen MR) is 28.9 cm³/mol. The van der Waals surface area contributed by atoms with Crippen molar-refractivity contribution >= 4 is 24.2 Å². The van der Waals surface area contributed by atoms with Crippen molar-refractivity contribution in [3.63, 3.8) is 0 Å². The highest BCUT2D eigenvalue weighted by Gasteiger charge is 1.93. The van der Waals surface area contributed by atoms with E-state index in [1.807, 2.05) is 0 Å². The van der Waals surface area contributed by atoms with Gasteiger partial charge < -0.3 is 0 Å². The lowest BCUT2D eigenvalue weighted by molar-refractivity contribution is 0.204. The number of rotatable bonds is 1. The summed E-state index contributed by atoms with van der Waals surface area (Å²) in [4.78, 5) is 0. The number of thiol groups is 1. The zero-order chi connectivity index (χ0) is 5.86. The Hall–Kier alpha value is 0.240. The first-order chi connectivity index (χ1) is 3.13. The van der Waals surface area contributed by atoms with E-state index in [2.05, 4.69) is 12.6 Å². The molecule has 0 aromatic heterocycles. The molecule has 0 fully saturated rings. The van der Waals surface area contributed by atoms with Crippen molar-refractivity contribution < 1.29 is 8.78 Å². The van der Waals surface area contributed by atoms with Gasteiger partial charge in [-0.25, -0.2) is 8.78 Å². The molecule has 0 saturated heterocycles.